The zero-order valence-corrected chi connectivity index (χ0v) is 16.2. The van der Waals surface area contributed by atoms with Crippen LogP contribution in [0.5, 0.6) is 11.5 Å². The largest absolute Gasteiger partial charge is 0.497 e. The van der Waals surface area contributed by atoms with Gasteiger partial charge in [-0.25, -0.2) is 0 Å². The van der Waals surface area contributed by atoms with E-state index in [0.29, 0.717) is 16.9 Å². The molecular formula is C23H21N2O4+. The van der Waals surface area contributed by atoms with Crippen molar-refractivity contribution in [2.24, 2.45) is 7.05 Å². The molecule has 0 bridgehead atoms. The fourth-order valence-electron chi connectivity index (χ4n) is 3.45. The van der Waals surface area contributed by atoms with Gasteiger partial charge in [-0.15, -0.1) is 0 Å². The average molecular weight is 389 g/mol. The van der Waals surface area contributed by atoms with Gasteiger partial charge in [0, 0.05) is 34.2 Å². The normalized spacial score (nSPS) is 10.8. The third kappa shape index (κ3) is 3.52. The number of hydrogen-bond donors (Lipinski definition) is 1. The highest BCUT2D eigenvalue weighted by atomic mass is 16.5. The fourth-order valence-corrected chi connectivity index (χ4v) is 3.45. The summed E-state index contributed by atoms with van der Waals surface area (Å²) in [4.78, 5) is 13.0. The quantitative estimate of drug-likeness (QED) is 0.420. The van der Waals surface area contributed by atoms with E-state index in [0.717, 1.165) is 26.9 Å². The molecule has 6 nitrogen and oxygen atoms in total. The van der Waals surface area contributed by atoms with Gasteiger partial charge in [0.2, 0.25) is 6.20 Å². The lowest BCUT2D eigenvalue weighted by Gasteiger charge is -2.18. The van der Waals surface area contributed by atoms with Crippen LogP contribution in [0.25, 0.3) is 21.9 Å². The van der Waals surface area contributed by atoms with Gasteiger partial charge in [-0.05, 0) is 29.8 Å². The van der Waals surface area contributed by atoms with Gasteiger partial charge in [0.1, 0.15) is 12.4 Å². The summed E-state index contributed by atoms with van der Waals surface area (Å²) in [5.74, 6) is 1.17. The van der Waals surface area contributed by atoms with Gasteiger partial charge in [-0.1, -0.05) is 30.3 Å². The number of hydrogen-bond acceptors (Lipinski definition) is 4. The third-order valence-corrected chi connectivity index (χ3v) is 4.92. The first-order chi connectivity index (χ1) is 14.1. The van der Waals surface area contributed by atoms with Crippen LogP contribution in [-0.4, -0.2) is 16.9 Å². The lowest BCUT2D eigenvalue weighted by Crippen LogP contribution is -2.28. The van der Waals surface area contributed by atoms with Crippen molar-refractivity contribution in [3.8, 4) is 22.6 Å². The highest BCUT2D eigenvalue weighted by molar-refractivity contribution is 5.98. The minimum Gasteiger partial charge on any atom is -0.497 e. The summed E-state index contributed by atoms with van der Waals surface area (Å²) in [6.07, 6.45) is 2.96. The van der Waals surface area contributed by atoms with Crippen molar-refractivity contribution in [1.29, 1.82) is 0 Å². The van der Waals surface area contributed by atoms with Crippen molar-refractivity contribution in [3.05, 3.63) is 89.1 Å². The molecule has 0 radical (unpaired) electrons. The molecule has 0 amide bonds. The molecule has 0 atom stereocenters. The summed E-state index contributed by atoms with van der Waals surface area (Å²) in [6, 6.07) is 18.8. The Bertz CT molecular complexity index is 1230. The number of ether oxygens (including phenoxy) is 2. The summed E-state index contributed by atoms with van der Waals surface area (Å²) in [5.41, 5.74) is 2.51. The molecule has 0 saturated heterocycles. The summed E-state index contributed by atoms with van der Waals surface area (Å²) in [7, 11) is 3.35. The van der Waals surface area contributed by atoms with Crippen molar-refractivity contribution in [2.45, 2.75) is 6.61 Å². The van der Waals surface area contributed by atoms with Gasteiger partial charge in [-0.2, -0.15) is 0 Å². The Hall–Kier alpha value is -3.80. The molecular weight excluding hydrogens is 368 g/mol. The molecule has 0 fully saturated rings. The van der Waals surface area contributed by atoms with Crippen molar-refractivity contribution in [2.75, 3.05) is 7.11 Å². The van der Waals surface area contributed by atoms with Gasteiger partial charge in [0.15, 0.2) is 5.75 Å². The second-order valence-corrected chi connectivity index (χ2v) is 6.67. The maximum absolute atomic E-state index is 13.0. The van der Waals surface area contributed by atoms with Crippen LogP contribution in [0.2, 0.25) is 0 Å². The van der Waals surface area contributed by atoms with Crippen LogP contribution in [0, 0.1) is 0 Å². The summed E-state index contributed by atoms with van der Waals surface area (Å²) < 4.78 is 13.8. The SMILES string of the molecule is COc1ccc2c(=O)n(C)c(COc3ccc[n+](O)c3)c(-c3ccccc3)c2c1. The molecule has 0 spiro atoms. The average Bonchev–Trinajstić information content (AvgIpc) is 2.75. The molecule has 146 valence electrons. The first-order valence-corrected chi connectivity index (χ1v) is 9.17. The number of fused-ring (bicyclic) bond motifs is 1. The van der Waals surface area contributed by atoms with E-state index in [4.69, 9.17) is 9.47 Å². The van der Waals surface area contributed by atoms with Crippen molar-refractivity contribution < 1.29 is 19.4 Å². The van der Waals surface area contributed by atoms with Crippen molar-refractivity contribution >= 4 is 10.8 Å². The number of rotatable bonds is 5. The van der Waals surface area contributed by atoms with E-state index in [1.54, 1.807) is 43.0 Å². The van der Waals surface area contributed by atoms with Crippen molar-refractivity contribution in [1.82, 2.24) is 4.57 Å². The van der Waals surface area contributed by atoms with E-state index in [1.165, 1.54) is 12.4 Å². The highest BCUT2D eigenvalue weighted by Crippen LogP contribution is 2.33. The van der Waals surface area contributed by atoms with E-state index in [9.17, 15) is 10.0 Å². The predicted molar refractivity (Wildman–Crippen MR) is 109 cm³/mol. The minimum absolute atomic E-state index is 0.105. The third-order valence-electron chi connectivity index (χ3n) is 4.92. The standard InChI is InChI=1S/C23H21N2O4/c1-24-21(15-29-18-9-6-12-25(27)14-18)22(16-7-4-3-5-8-16)20-13-17(28-2)10-11-19(20)23(24)26/h3-14,27H,15H2,1-2H3/q+1. The zero-order chi connectivity index (χ0) is 20.4. The molecule has 2 aromatic carbocycles. The lowest BCUT2D eigenvalue weighted by molar-refractivity contribution is -0.905. The molecule has 6 heteroatoms. The topological polar surface area (TPSA) is 64.6 Å². The zero-order valence-electron chi connectivity index (χ0n) is 16.2. The Kier molecular flexibility index (Phi) is 4.91. The highest BCUT2D eigenvalue weighted by Gasteiger charge is 2.18. The first-order valence-electron chi connectivity index (χ1n) is 9.17. The molecule has 1 N–H and O–H groups in total. The Morgan fingerprint density at radius 3 is 2.52 bits per heavy atom. The van der Waals surface area contributed by atoms with Crippen LogP contribution < -0.4 is 19.8 Å². The molecule has 0 aliphatic rings. The van der Waals surface area contributed by atoms with E-state index in [2.05, 4.69) is 0 Å². The van der Waals surface area contributed by atoms with E-state index in [1.807, 2.05) is 36.4 Å². The van der Waals surface area contributed by atoms with Gasteiger partial charge < -0.3 is 14.0 Å². The number of nitrogens with zero attached hydrogens (tertiary/aromatic N) is 2. The van der Waals surface area contributed by atoms with E-state index < -0.39 is 0 Å². The summed E-state index contributed by atoms with van der Waals surface area (Å²) in [5, 5.41) is 11.0. The van der Waals surface area contributed by atoms with Crippen LogP contribution in [0.3, 0.4) is 0 Å². The van der Waals surface area contributed by atoms with Crippen LogP contribution in [-0.2, 0) is 13.7 Å². The molecule has 4 aromatic rings. The van der Waals surface area contributed by atoms with Gasteiger partial charge >= 0.3 is 0 Å². The minimum atomic E-state index is -0.105. The molecule has 2 aromatic heterocycles. The second kappa shape index (κ2) is 7.67. The maximum Gasteiger partial charge on any atom is 0.263 e. The number of methoxy groups -OCH3 is 1. The Morgan fingerprint density at radius 2 is 1.79 bits per heavy atom. The van der Waals surface area contributed by atoms with E-state index >= 15 is 0 Å². The van der Waals surface area contributed by atoms with Crippen molar-refractivity contribution in [3.63, 3.8) is 0 Å². The Labute approximate surface area is 167 Å². The number of pyridine rings is 2. The first kappa shape index (κ1) is 18.6. The van der Waals surface area contributed by atoms with Gasteiger partial charge in [0.25, 0.3) is 11.8 Å². The molecule has 0 saturated carbocycles. The second-order valence-electron chi connectivity index (χ2n) is 6.67. The number of benzene rings is 2. The monoisotopic (exact) mass is 389 g/mol. The predicted octanol–water partition coefficient (Wildman–Crippen LogP) is 3.32. The fraction of sp³-hybridized carbons (Fsp3) is 0.130. The Balaban J connectivity index is 1.94. The smallest absolute Gasteiger partial charge is 0.263 e. The van der Waals surface area contributed by atoms with Crippen LogP contribution >= 0.6 is 0 Å². The molecule has 0 aliphatic heterocycles. The molecule has 0 aliphatic carbocycles. The number of aromatic nitrogens is 2. The van der Waals surface area contributed by atoms with Crippen LogP contribution in [0.1, 0.15) is 5.69 Å². The van der Waals surface area contributed by atoms with Crippen LogP contribution in [0.4, 0.5) is 0 Å². The van der Waals surface area contributed by atoms with E-state index in [-0.39, 0.29) is 12.2 Å². The molecule has 4 rings (SSSR count). The summed E-state index contributed by atoms with van der Waals surface area (Å²) in [6.45, 7) is 0.160. The van der Waals surface area contributed by atoms with Gasteiger partial charge in [0.05, 0.1) is 12.8 Å². The lowest BCUT2D eigenvalue weighted by atomic mass is 9.96. The molecule has 2 heterocycles. The molecule has 0 unspecified atom stereocenters. The Morgan fingerprint density at radius 1 is 1.00 bits per heavy atom. The van der Waals surface area contributed by atoms with Gasteiger partial charge in [-0.3, -0.25) is 10.0 Å². The summed E-state index contributed by atoms with van der Waals surface area (Å²) >= 11 is 0. The van der Waals surface area contributed by atoms with Crippen LogP contribution in [0.15, 0.2) is 77.9 Å². The maximum atomic E-state index is 13.0. The molecule has 29 heavy (non-hydrogen) atoms.